The van der Waals surface area contributed by atoms with Crippen molar-refractivity contribution >= 4 is 11.9 Å². The van der Waals surface area contributed by atoms with Crippen LogP contribution in [0.1, 0.15) is 31.2 Å². The van der Waals surface area contributed by atoms with Crippen LogP contribution in [-0.4, -0.2) is 41.8 Å². The Kier molecular flexibility index (Phi) is 6.68. The minimum Gasteiger partial charge on any atom is -0.497 e. The number of amides is 1. The van der Waals surface area contributed by atoms with Crippen LogP contribution in [0.4, 0.5) is 0 Å². The third kappa shape index (κ3) is 5.83. The van der Waals surface area contributed by atoms with Gasteiger partial charge in [0, 0.05) is 6.42 Å². The molecule has 1 aromatic rings. The lowest BCUT2D eigenvalue weighted by molar-refractivity contribution is -0.138. The number of nitrogens with one attached hydrogen (secondary N) is 1. The molecule has 0 heterocycles. The van der Waals surface area contributed by atoms with E-state index in [9.17, 15) is 9.59 Å². The maximum Gasteiger partial charge on any atom is 0.305 e. The highest BCUT2D eigenvalue weighted by Gasteiger charge is 2.17. The van der Waals surface area contributed by atoms with Crippen molar-refractivity contribution in [2.45, 2.75) is 31.7 Å². The van der Waals surface area contributed by atoms with E-state index in [1.165, 1.54) is 0 Å². The smallest absolute Gasteiger partial charge is 0.305 e. The second-order valence-corrected chi connectivity index (χ2v) is 4.92. The van der Waals surface area contributed by atoms with Crippen LogP contribution >= 0.6 is 0 Å². The Bertz CT molecular complexity index is 471. The minimum absolute atomic E-state index is 0.0138. The lowest BCUT2D eigenvalue weighted by atomic mass is 9.97. The fourth-order valence-electron chi connectivity index (χ4n) is 1.99. The summed E-state index contributed by atoms with van der Waals surface area (Å²) in [7, 11) is 1.59. The number of benzene rings is 1. The van der Waals surface area contributed by atoms with Gasteiger partial charge in [-0.1, -0.05) is 19.1 Å². The zero-order valence-electron chi connectivity index (χ0n) is 12.2. The van der Waals surface area contributed by atoms with Crippen LogP contribution in [0.25, 0.3) is 0 Å². The molecule has 0 spiro atoms. The molecular formula is C15H21NO5. The van der Waals surface area contributed by atoms with E-state index in [0.29, 0.717) is 0 Å². The third-order valence-electron chi connectivity index (χ3n) is 3.18. The molecule has 1 unspecified atom stereocenters. The van der Waals surface area contributed by atoms with E-state index in [0.717, 1.165) is 11.3 Å². The molecule has 0 aliphatic rings. The summed E-state index contributed by atoms with van der Waals surface area (Å²) in [5, 5.41) is 20.2. The average molecular weight is 295 g/mol. The lowest BCUT2D eigenvalue weighted by Crippen LogP contribution is -2.39. The fraction of sp³-hybridized carbons (Fsp3) is 0.467. The van der Waals surface area contributed by atoms with Gasteiger partial charge in [-0.2, -0.15) is 0 Å². The number of hydrogen-bond acceptors (Lipinski definition) is 4. The van der Waals surface area contributed by atoms with E-state index in [-0.39, 0.29) is 24.7 Å². The topological polar surface area (TPSA) is 95.9 Å². The predicted molar refractivity (Wildman–Crippen MR) is 77.3 cm³/mol. The molecule has 0 aromatic heterocycles. The molecule has 6 nitrogen and oxygen atoms in total. The van der Waals surface area contributed by atoms with Gasteiger partial charge in [-0.15, -0.1) is 0 Å². The van der Waals surface area contributed by atoms with Gasteiger partial charge in [-0.25, -0.2) is 0 Å². The van der Waals surface area contributed by atoms with Crippen LogP contribution in [0.2, 0.25) is 0 Å². The normalized spacial score (nSPS) is 13.3. The predicted octanol–water partition coefficient (Wildman–Crippen LogP) is 1.14. The Balaban J connectivity index is 2.54. The van der Waals surface area contributed by atoms with Gasteiger partial charge in [0.1, 0.15) is 5.75 Å². The number of carbonyl (C=O) groups is 2. The van der Waals surface area contributed by atoms with Crippen molar-refractivity contribution in [3.63, 3.8) is 0 Å². The number of aliphatic carboxylic acids is 1. The molecule has 3 N–H and O–H groups in total. The molecule has 6 heteroatoms. The van der Waals surface area contributed by atoms with Crippen LogP contribution in [0.15, 0.2) is 24.3 Å². The molecule has 0 aliphatic carbocycles. The molecule has 1 aromatic carbocycles. The van der Waals surface area contributed by atoms with Crippen molar-refractivity contribution in [3.8, 4) is 5.75 Å². The van der Waals surface area contributed by atoms with Crippen molar-refractivity contribution in [3.05, 3.63) is 29.8 Å². The number of rotatable bonds is 8. The maximum atomic E-state index is 11.9. The van der Waals surface area contributed by atoms with Crippen molar-refractivity contribution < 1.29 is 24.5 Å². The first kappa shape index (κ1) is 17.0. The first-order chi connectivity index (χ1) is 9.96. The standard InChI is InChI=1S/C15H21NO5/c1-10(11-3-5-13(21-2)6-4-11)7-14(18)16-12(9-17)8-15(19)20/h3-6,10,12,17H,7-9H2,1-2H3,(H,16,18)(H,19,20)/t10?,12-/m0/s1. The van der Waals surface area contributed by atoms with Crippen molar-refractivity contribution in [1.29, 1.82) is 0 Å². The SMILES string of the molecule is COc1ccc(C(C)CC(=O)N[C@H](CO)CC(=O)O)cc1. The van der Waals surface area contributed by atoms with Gasteiger partial charge >= 0.3 is 5.97 Å². The molecule has 1 rings (SSSR count). The third-order valence-corrected chi connectivity index (χ3v) is 3.18. The second-order valence-electron chi connectivity index (χ2n) is 4.92. The van der Waals surface area contributed by atoms with Crippen LogP contribution in [0, 0.1) is 0 Å². The molecule has 116 valence electrons. The second kappa shape index (κ2) is 8.26. The van der Waals surface area contributed by atoms with Gasteiger partial charge in [0.15, 0.2) is 0 Å². The molecule has 0 radical (unpaired) electrons. The summed E-state index contributed by atoms with van der Waals surface area (Å²) < 4.78 is 5.07. The summed E-state index contributed by atoms with van der Waals surface area (Å²) in [6, 6.07) is 6.67. The number of carboxylic acid groups (broad SMARTS) is 1. The quantitative estimate of drug-likeness (QED) is 0.668. The van der Waals surface area contributed by atoms with Crippen molar-refractivity contribution in [1.82, 2.24) is 5.32 Å². The van der Waals surface area contributed by atoms with E-state index in [1.807, 2.05) is 31.2 Å². The summed E-state index contributed by atoms with van der Waals surface area (Å²) in [5.74, 6) is -0.603. The molecule has 1 amide bonds. The van der Waals surface area contributed by atoms with E-state index in [1.54, 1.807) is 7.11 Å². The van der Waals surface area contributed by atoms with Gasteiger partial charge in [0.25, 0.3) is 0 Å². The highest BCUT2D eigenvalue weighted by molar-refractivity contribution is 5.78. The monoisotopic (exact) mass is 295 g/mol. The molecule has 0 aliphatic heterocycles. The van der Waals surface area contributed by atoms with Crippen molar-refractivity contribution in [2.75, 3.05) is 13.7 Å². The maximum absolute atomic E-state index is 11.9. The Morgan fingerprint density at radius 3 is 2.33 bits per heavy atom. The van der Waals surface area contributed by atoms with E-state index < -0.39 is 18.6 Å². The molecule has 0 fully saturated rings. The minimum atomic E-state index is -1.06. The van der Waals surface area contributed by atoms with Crippen LogP contribution in [-0.2, 0) is 9.59 Å². The van der Waals surface area contributed by atoms with E-state index >= 15 is 0 Å². The number of carbonyl (C=O) groups excluding carboxylic acids is 1. The van der Waals surface area contributed by atoms with Crippen LogP contribution < -0.4 is 10.1 Å². The molecule has 21 heavy (non-hydrogen) atoms. The van der Waals surface area contributed by atoms with E-state index in [4.69, 9.17) is 14.9 Å². The summed E-state index contributed by atoms with van der Waals surface area (Å²) in [4.78, 5) is 22.4. The van der Waals surface area contributed by atoms with Crippen LogP contribution in [0.3, 0.4) is 0 Å². The number of aliphatic hydroxyl groups is 1. The van der Waals surface area contributed by atoms with Gasteiger partial charge in [-0.3, -0.25) is 9.59 Å². The van der Waals surface area contributed by atoms with Gasteiger partial charge in [0.05, 0.1) is 26.2 Å². The largest absolute Gasteiger partial charge is 0.497 e. The van der Waals surface area contributed by atoms with Gasteiger partial charge in [-0.05, 0) is 23.6 Å². The summed E-state index contributed by atoms with van der Waals surface area (Å²) in [6.45, 7) is 1.52. The number of aliphatic hydroxyl groups excluding tert-OH is 1. The Morgan fingerprint density at radius 2 is 1.86 bits per heavy atom. The highest BCUT2D eigenvalue weighted by Crippen LogP contribution is 2.21. The molecule has 0 bridgehead atoms. The molecule has 2 atom stereocenters. The average Bonchev–Trinajstić information content (AvgIpc) is 2.45. The number of carboxylic acids is 1. The zero-order valence-corrected chi connectivity index (χ0v) is 12.2. The molecular weight excluding hydrogens is 274 g/mol. The van der Waals surface area contributed by atoms with Crippen molar-refractivity contribution in [2.24, 2.45) is 0 Å². The van der Waals surface area contributed by atoms with Gasteiger partial charge < -0.3 is 20.3 Å². The number of ether oxygens (including phenoxy) is 1. The zero-order chi connectivity index (χ0) is 15.8. The summed E-state index contributed by atoms with van der Waals surface area (Å²) in [5.41, 5.74) is 0.990. The summed E-state index contributed by atoms with van der Waals surface area (Å²) >= 11 is 0. The number of methoxy groups -OCH3 is 1. The Morgan fingerprint density at radius 1 is 1.24 bits per heavy atom. The van der Waals surface area contributed by atoms with Gasteiger partial charge in [0.2, 0.25) is 5.91 Å². The Hall–Kier alpha value is -2.08. The molecule has 0 saturated heterocycles. The fourth-order valence-corrected chi connectivity index (χ4v) is 1.99. The Labute approximate surface area is 123 Å². The lowest BCUT2D eigenvalue weighted by Gasteiger charge is -2.17. The van der Waals surface area contributed by atoms with E-state index in [2.05, 4.69) is 5.32 Å². The first-order valence-corrected chi connectivity index (χ1v) is 6.72. The van der Waals surface area contributed by atoms with Crippen LogP contribution in [0.5, 0.6) is 5.75 Å². The first-order valence-electron chi connectivity index (χ1n) is 6.72. The highest BCUT2D eigenvalue weighted by atomic mass is 16.5. The molecule has 0 saturated carbocycles. The summed E-state index contributed by atoms with van der Waals surface area (Å²) in [6.07, 6.45) is -0.0679. The number of hydrogen-bond donors (Lipinski definition) is 3.